The van der Waals surface area contributed by atoms with E-state index < -0.39 is 0 Å². The Morgan fingerprint density at radius 3 is 2.34 bits per heavy atom. The van der Waals surface area contributed by atoms with E-state index in [9.17, 15) is 9.59 Å². The van der Waals surface area contributed by atoms with Gasteiger partial charge in [-0.1, -0.05) is 44.2 Å². The Kier molecular flexibility index (Phi) is 6.91. The predicted molar refractivity (Wildman–Crippen MR) is 115 cm³/mol. The lowest BCUT2D eigenvalue weighted by Crippen LogP contribution is -2.42. The van der Waals surface area contributed by atoms with Crippen LogP contribution in [0.1, 0.15) is 43.7 Å². The quantitative estimate of drug-likeness (QED) is 0.797. The Morgan fingerprint density at radius 2 is 1.72 bits per heavy atom. The molecule has 1 saturated heterocycles. The van der Waals surface area contributed by atoms with Gasteiger partial charge in [-0.15, -0.1) is 0 Å². The number of nitrogens with one attached hydrogen (secondary N) is 1. The molecule has 0 unspecified atom stereocenters. The lowest BCUT2D eigenvalue weighted by atomic mass is 9.94. The van der Waals surface area contributed by atoms with Gasteiger partial charge in [0.2, 0.25) is 11.8 Å². The summed E-state index contributed by atoms with van der Waals surface area (Å²) < 4.78 is 5.15. The van der Waals surface area contributed by atoms with E-state index in [0.717, 1.165) is 22.6 Å². The van der Waals surface area contributed by atoms with Crippen molar-refractivity contribution in [3.05, 3.63) is 59.7 Å². The van der Waals surface area contributed by atoms with Crippen LogP contribution >= 0.6 is 0 Å². The SMILES string of the molecule is COc1ccc(CC(=O)N2CCC(C(=O)Nc3ccccc3C(C)C)CC2)cc1. The van der Waals surface area contributed by atoms with Crippen LogP contribution in [-0.2, 0) is 16.0 Å². The van der Waals surface area contributed by atoms with Crippen molar-refractivity contribution in [1.29, 1.82) is 0 Å². The van der Waals surface area contributed by atoms with Gasteiger partial charge in [0, 0.05) is 24.7 Å². The number of nitrogens with zero attached hydrogens (tertiary/aromatic N) is 1. The Bertz CT molecular complexity index is 837. The third kappa shape index (κ3) is 5.37. The third-order valence-electron chi connectivity index (χ3n) is 5.57. The minimum Gasteiger partial charge on any atom is -0.497 e. The predicted octanol–water partition coefficient (Wildman–Crippen LogP) is 4.24. The number of hydrogen-bond acceptors (Lipinski definition) is 3. The highest BCUT2D eigenvalue weighted by atomic mass is 16.5. The van der Waals surface area contributed by atoms with E-state index >= 15 is 0 Å². The molecule has 3 rings (SSSR count). The molecule has 29 heavy (non-hydrogen) atoms. The minimum absolute atomic E-state index is 0.0553. The van der Waals surface area contributed by atoms with E-state index in [4.69, 9.17) is 4.74 Å². The van der Waals surface area contributed by atoms with Crippen LogP contribution in [0.15, 0.2) is 48.5 Å². The Labute approximate surface area is 173 Å². The van der Waals surface area contributed by atoms with Crippen molar-refractivity contribution < 1.29 is 14.3 Å². The molecule has 2 aromatic rings. The van der Waals surface area contributed by atoms with E-state index in [1.54, 1.807) is 7.11 Å². The van der Waals surface area contributed by atoms with Gasteiger partial charge in [0.15, 0.2) is 0 Å². The summed E-state index contributed by atoms with van der Waals surface area (Å²) in [4.78, 5) is 27.2. The number of hydrogen-bond donors (Lipinski definition) is 1. The number of para-hydroxylation sites is 1. The number of anilines is 1. The number of carbonyl (C=O) groups excluding carboxylic acids is 2. The van der Waals surface area contributed by atoms with Crippen LogP contribution in [0.25, 0.3) is 0 Å². The summed E-state index contributed by atoms with van der Waals surface area (Å²) in [6.07, 6.45) is 1.77. The summed E-state index contributed by atoms with van der Waals surface area (Å²) in [5, 5.41) is 3.10. The first kappa shape index (κ1) is 20.9. The Morgan fingerprint density at radius 1 is 1.07 bits per heavy atom. The number of rotatable bonds is 6. The first-order valence-corrected chi connectivity index (χ1v) is 10.3. The first-order chi connectivity index (χ1) is 14.0. The van der Waals surface area contributed by atoms with E-state index in [2.05, 4.69) is 25.2 Å². The van der Waals surface area contributed by atoms with Crippen LogP contribution < -0.4 is 10.1 Å². The van der Waals surface area contributed by atoms with Crippen molar-refractivity contribution in [1.82, 2.24) is 4.90 Å². The highest BCUT2D eigenvalue weighted by Crippen LogP contribution is 2.26. The fourth-order valence-electron chi connectivity index (χ4n) is 3.77. The molecule has 5 heteroatoms. The molecule has 1 aliphatic heterocycles. The van der Waals surface area contributed by atoms with Crippen LogP contribution in [-0.4, -0.2) is 36.9 Å². The number of piperidine rings is 1. The van der Waals surface area contributed by atoms with Crippen molar-refractivity contribution >= 4 is 17.5 Å². The number of likely N-dealkylation sites (tertiary alicyclic amines) is 1. The molecule has 2 aromatic carbocycles. The van der Waals surface area contributed by atoms with Crippen LogP contribution in [0, 0.1) is 5.92 Å². The van der Waals surface area contributed by atoms with Gasteiger partial charge in [0.25, 0.3) is 0 Å². The van der Waals surface area contributed by atoms with Gasteiger partial charge in [0.1, 0.15) is 5.75 Å². The molecule has 0 bridgehead atoms. The zero-order valence-corrected chi connectivity index (χ0v) is 17.5. The van der Waals surface area contributed by atoms with E-state index in [0.29, 0.717) is 38.3 Å². The number of benzene rings is 2. The average molecular weight is 395 g/mol. The summed E-state index contributed by atoms with van der Waals surface area (Å²) in [7, 11) is 1.63. The van der Waals surface area contributed by atoms with Gasteiger partial charge in [0.05, 0.1) is 13.5 Å². The molecule has 1 aliphatic rings. The molecule has 0 atom stereocenters. The van der Waals surface area contributed by atoms with Crippen molar-refractivity contribution in [2.24, 2.45) is 5.92 Å². The maximum absolute atomic E-state index is 12.7. The van der Waals surface area contributed by atoms with Gasteiger partial charge in [-0.3, -0.25) is 9.59 Å². The number of amides is 2. The van der Waals surface area contributed by atoms with Crippen LogP contribution in [0.2, 0.25) is 0 Å². The monoisotopic (exact) mass is 394 g/mol. The normalized spacial score (nSPS) is 14.7. The number of carbonyl (C=O) groups is 2. The zero-order chi connectivity index (χ0) is 20.8. The minimum atomic E-state index is -0.0553. The maximum Gasteiger partial charge on any atom is 0.227 e. The molecule has 154 valence electrons. The highest BCUT2D eigenvalue weighted by Gasteiger charge is 2.27. The molecule has 1 N–H and O–H groups in total. The summed E-state index contributed by atoms with van der Waals surface area (Å²) in [5.74, 6) is 1.25. The molecule has 0 saturated carbocycles. The topological polar surface area (TPSA) is 58.6 Å². The molecule has 5 nitrogen and oxygen atoms in total. The molecular formula is C24H30N2O3. The second-order valence-corrected chi connectivity index (χ2v) is 7.91. The number of ether oxygens (including phenoxy) is 1. The lowest BCUT2D eigenvalue weighted by Gasteiger charge is -2.31. The van der Waals surface area contributed by atoms with E-state index in [1.807, 2.05) is 47.4 Å². The third-order valence-corrected chi connectivity index (χ3v) is 5.57. The van der Waals surface area contributed by atoms with Crippen molar-refractivity contribution in [3.63, 3.8) is 0 Å². The van der Waals surface area contributed by atoms with Gasteiger partial charge >= 0.3 is 0 Å². The molecule has 0 radical (unpaired) electrons. The molecule has 0 aromatic heterocycles. The average Bonchev–Trinajstić information content (AvgIpc) is 2.74. The Balaban J connectivity index is 1.52. The summed E-state index contributed by atoms with van der Waals surface area (Å²) >= 11 is 0. The van der Waals surface area contributed by atoms with Gasteiger partial charge < -0.3 is 15.0 Å². The lowest BCUT2D eigenvalue weighted by molar-refractivity contribution is -0.133. The molecular weight excluding hydrogens is 364 g/mol. The fraction of sp³-hybridized carbons (Fsp3) is 0.417. The van der Waals surface area contributed by atoms with E-state index in [1.165, 1.54) is 0 Å². The van der Waals surface area contributed by atoms with Crippen LogP contribution in [0.3, 0.4) is 0 Å². The van der Waals surface area contributed by atoms with E-state index in [-0.39, 0.29) is 17.7 Å². The van der Waals surface area contributed by atoms with Crippen molar-refractivity contribution in [2.45, 2.75) is 39.0 Å². The largest absolute Gasteiger partial charge is 0.497 e. The smallest absolute Gasteiger partial charge is 0.227 e. The summed E-state index contributed by atoms with van der Waals surface area (Å²) in [6, 6.07) is 15.5. The van der Waals surface area contributed by atoms with Crippen molar-refractivity contribution in [3.8, 4) is 5.75 Å². The van der Waals surface area contributed by atoms with Gasteiger partial charge in [-0.25, -0.2) is 0 Å². The first-order valence-electron chi connectivity index (χ1n) is 10.3. The summed E-state index contributed by atoms with van der Waals surface area (Å²) in [6.45, 7) is 5.49. The molecule has 0 aliphatic carbocycles. The molecule has 1 heterocycles. The van der Waals surface area contributed by atoms with Gasteiger partial charge in [-0.2, -0.15) is 0 Å². The van der Waals surface area contributed by atoms with Crippen molar-refractivity contribution in [2.75, 3.05) is 25.5 Å². The van der Waals surface area contributed by atoms with Crippen LogP contribution in [0.5, 0.6) is 5.75 Å². The van der Waals surface area contributed by atoms with Crippen LogP contribution in [0.4, 0.5) is 5.69 Å². The second kappa shape index (κ2) is 9.59. The number of methoxy groups -OCH3 is 1. The highest BCUT2D eigenvalue weighted by molar-refractivity contribution is 5.93. The molecule has 1 fully saturated rings. The standard InChI is InChI=1S/C24H30N2O3/c1-17(2)21-6-4-5-7-22(21)25-24(28)19-12-14-26(15-13-19)23(27)16-18-8-10-20(29-3)11-9-18/h4-11,17,19H,12-16H2,1-3H3,(H,25,28). The summed E-state index contributed by atoms with van der Waals surface area (Å²) in [5.41, 5.74) is 3.01. The molecule has 2 amide bonds. The van der Waals surface area contributed by atoms with Gasteiger partial charge in [-0.05, 0) is 48.1 Å². The Hall–Kier alpha value is -2.82. The maximum atomic E-state index is 12.7. The zero-order valence-electron chi connectivity index (χ0n) is 17.5. The second-order valence-electron chi connectivity index (χ2n) is 7.91. The molecule has 0 spiro atoms. The fourth-order valence-corrected chi connectivity index (χ4v) is 3.77.